The van der Waals surface area contributed by atoms with Gasteiger partial charge in [-0.15, -0.1) is 0 Å². The lowest BCUT2D eigenvalue weighted by Crippen LogP contribution is -2.68. The molecule has 1 unspecified atom stereocenters. The van der Waals surface area contributed by atoms with E-state index in [2.05, 4.69) is 4.90 Å². The fraction of sp³-hybridized carbons (Fsp3) is 0.667. The molecule has 2 saturated heterocycles. The Kier molecular flexibility index (Phi) is 6.40. The molecule has 1 spiro atoms. The van der Waals surface area contributed by atoms with Crippen LogP contribution in [0.1, 0.15) is 45.6 Å². The topological polar surface area (TPSA) is 51.2 Å². The average Bonchev–Trinajstić information content (AvgIpc) is 2.63. The number of ether oxygens (including phenoxy) is 3. The van der Waals surface area contributed by atoms with Crippen LogP contribution in [0.2, 0.25) is 0 Å². The summed E-state index contributed by atoms with van der Waals surface area (Å²) in [4.78, 5) is 16.8. The number of nitrogens with zero attached hydrogens (tertiary/aromatic N) is 2. The molecule has 0 radical (unpaired) electrons. The maximum absolute atomic E-state index is 12.6. The third-order valence-electron chi connectivity index (χ3n) is 5.28. The first-order chi connectivity index (χ1) is 12.9. The minimum absolute atomic E-state index is 0.0970. The van der Waals surface area contributed by atoms with Gasteiger partial charge in [0.05, 0.1) is 11.1 Å². The molecule has 0 aliphatic carbocycles. The quantitative estimate of drug-likeness (QED) is 0.561. The van der Waals surface area contributed by atoms with Crippen molar-refractivity contribution in [2.75, 3.05) is 33.2 Å². The van der Waals surface area contributed by atoms with E-state index < -0.39 is 0 Å². The highest BCUT2D eigenvalue weighted by atomic mass is 16.7. The van der Waals surface area contributed by atoms with Gasteiger partial charge in [0.1, 0.15) is 20.1 Å². The lowest BCUT2D eigenvalue weighted by Gasteiger charge is -2.56. The summed E-state index contributed by atoms with van der Waals surface area (Å²) >= 11 is 0. The second-order valence-corrected chi connectivity index (χ2v) is 8.53. The number of amides is 1. The molecule has 0 saturated carbocycles. The summed E-state index contributed by atoms with van der Waals surface area (Å²) in [6.45, 7) is 9.78. The molecule has 6 heteroatoms. The van der Waals surface area contributed by atoms with E-state index in [9.17, 15) is 4.79 Å². The van der Waals surface area contributed by atoms with Crippen LogP contribution < -0.4 is 0 Å². The molecule has 1 atom stereocenters. The van der Waals surface area contributed by atoms with E-state index in [1.54, 1.807) is 0 Å². The van der Waals surface area contributed by atoms with Crippen LogP contribution in [-0.2, 0) is 20.8 Å². The smallest absolute Gasteiger partial charge is 0.410 e. The van der Waals surface area contributed by atoms with Gasteiger partial charge in [0.15, 0.2) is 0 Å². The highest BCUT2D eigenvalue weighted by molar-refractivity contribution is 5.70. The molecule has 27 heavy (non-hydrogen) atoms. The Bertz CT molecular complexity index is 616. The third kappa shape index (κ3) is 5.43. The molecule has 0 aromatic heterocycles. The maximum Gasteiger partial charge on any atom is 0.410 e. The number of likely N-dealkylation sites (tertiary alicyclic amines) is 2. The average molecular weight is 376 g/mol. The summed E-state index contributed by atoms with van der Waals surface area (Å²) in [5.74, 6) is 0. The van der Waals surface area contributed by atoms with Crippen molar-refractivity contribution in [2.24, 2.45) is 0 Å². The van der Waals surface area contributed by atoms with E-state index in [0.717, 1.165) is 44.5 Å². The summed E-state index contributed by atoms with van der Waals surface area (Å²) in [6, 6.07) is 9.81. The lowest BCUT2D eigenvalue weighted by atomic mass is 9.78. The van der Waals surface area contributed by atoms with Crippen molar-refractivity contribution in [3.8, 4) is 0 Å². The standard InChI is InChI=1S/C21H32N2O4/c1-20(2,3)27-17-25-16-22-12-7-10-21(15-22)11-13-23(21)19(24)26-14-18-8-5-4-6-9-18/h4-6,8-9H,7,10-17H2,1-3H3. The van der Waals surface area contributed by atoms with Crippen molar-refractivity contribution in [1.29, 1.82) is 0 Å². The van der Waals surface area contributed by atoms with Crippen LogP contribution >= 0.6 is 0 Å². The number of benzene rings is 1. The molecule has 1 aromatic carbocycles. The van der Waals surface area contributed by atoms with Gasteiger partial charge in [0.25, 0.3) is 0 Å². The molecule has 1 aromatic rings. The fourth-order valence-electron chi connectivity index (χ4n) is 3.75. The number of carbonyl (C=O) groups excluding carboxylic acids is 1. The van der Waals surface area contributed by atoms with Gasteiger partial charge in [-0.2, -0.15) is 0 Å². The highest BCUT2D eigenvalue weighted by Gasteiger charge is 2.50. The second kappa shape index (κ2) is 8.59. The first-order valence-electron chi connectivity index (χ1n) is 9.80. The first kappa shape index (κ1) is 20.1. The van der Waals surface area contributed by atoms with Crippen LogP contribution in [-0.4, -0.2) is 60.2 Å². The van der Waals surface area contributed by atoms with Crippen molar-refractivity contribution in [3.63, 3.8) is 0 Å². The van der Waals surface area contributed by atoms with Crippen LogP contribution in [0.4, 0.5) is 4.79 Å². The molecule has 2 aliphatic rings. The molecule has 2 aliphatic heterocycles. The minimum Gasteiger partial charge on any atom is -0.445 e. The molecule has 0 N–H and O–H groups in total. The molecule has 6 nitrogen and oxygen atoms in total. The normalized spacial score (nSPS) is 23.3. The monoisotopic (exact) mass is 376 g/mol. The summed E-state index contributed by atoms with van der Waals surface area (Å²) in [5.41, 5.74) is 0.717. The van der Waals surface area contributed by atoms with Gasteiger partial charge in [-0.05, 0) is 45.6 Å². The number of hydrogen-bond acceptors (Lipinski definition) is 5. The van der Waals surface area contributed by atoms with Crippen LogP contribution in [0.15, 0.2) is 30.3 Å². The maximum atomic E-state index is 12.6. The number of rotatable bonds is 6. The Balaban J connectivity index is 1.46. The fourth-order valence-corrected chi connectivity index (χ4v) is 3.75. The Morgan fingerprint density at radius 2 is 1.93 bits per heavy atom. The minimum atomic E-state index is -0.205. The number of piperidine rings is 1. The zero-order chi connectivity index (χ0) is 19.3. The zero-order valence-corrected chi connectivity index (χ0v) is 16.8. The van der Waals surface area contributed by atoms with Crippen molar-refractivity contribution in [1.82, 2.24) is 9.80 Å². The molecule has 3 rings (SSSR count). The Labute approximate surface area is 162 Å². The summed E-state index contributed by atoms with van der Waals surface area (Å²) in [7, 11) is 0. The Morgan fingerprint density at radius 3 is 2.59 bits per heavy atom. The van der Waals surface area contributed by atoms with Crippen LogP contribution in [0.25, 0.3) is 0 Å². The van der Waals surface area contributed by atoms with E-state index in [-0.39, 0.29) is 24.0 Å². The van der Waals surface area contributed by atoms with Crippen molar-refractivity contribution in [2.45, 2.75) is 57.8 Å². The van der Waals surface area contributed by atoms with E-state index in [1.807, 2.05) is 56.0 Å². The Hall–Kier alpha value is -1.63. The largest absolute Gasteiger partial charge is 0.445 e. The molecule has 0 bridgehead atoms. The van der Waals surface area contributed by atoms with Gasteiger partial charge < -0.3 is 19.1 Å². The summed E-state index contributed by atoms with van der Waals surface area (Å²) < 4.78 is 16.8. The SMILES string of the molecule is CC(C)(C)OCOCN1CCCC2(CCN2C(=O)OCc2ccccc2)C1. The van der Waals surface area contributed by atoms with Gasteiger partial charge in [0.2, 0.25) is 0 Å². The van der Waals surface area contributed by atoms with Crippen LogP contribution in [0, 0.1) is 0 Å². The van der Waals surface area contributed by atoms with Gasteiger partial charge in [-0.25, -0.2) is 4.79 Å². The Morgan fingerprint density at radius 1 is 1.15 bits per heavy atom. The molecular formula is C21H32N2O4. The molecule has 2 fully saturated rings. The second-order valence-electron chi connectivity index (χ2n) is 8.53. The highest BCUT2D eigenvalue weighted by Crippen LogP contribution is 2.39. The van der Waals surface area contributed by atoms with Gasteiger partial charge in [0, 0.05) is 19.6 Å². The molecule has 150 valence electrons. The summed E-state index contributed by atoms with van der Waals surface area (Å²) in [5, 5.41) is 0. The van der Waals surface area contributed by atoms with Gasteiger partial charge in [-0.1, -0.05) is 30.3 Å². The van der Waals surface area contributed by atoms with Crippen LogP contribution in [0.5, 0.6) is 0 Å². The summed E-state index contributed by atoms with van der Waals surface area (Å²) in [6.07, 6.45) is 2.92. The number of carbonyl (C=O) groups is 1. The van der Waals surface area contributed by atoms with Gasteiger partial charge in [-0.3, -0.25) is 4.90 Å². The predicted octanol–water partition coefficient (Wildman–Crippen LogP) is 3.61. The predicted molar refractivity (Wildman–Crippen MR) is 103 cm³/mol. The van der Waals surface area contributed by atoms with E-state index in [4.69, 9.17) is 14.2 Å². The lowest BCUT2D eigenvalue weighted by molar-refractivity contribution is -0.153. The zero-order valence-electron chi connectivity index (χ0n) is 16.8. The number of hydrogen-bond donors (Lipinski definition) is 0. The molecule has 1 amide bonds. The van der Waals surface area contributed by atoms with Crippen molar-refractivity contribution >= 4 is 6.09 Å². The van der Waals surface area contributed by atoms with Crippen molar-refractivity contribution in [3.05, 3.63) is 35.9 Å². The molecule has 2 heterocycles. The van der Waals surface area contributed by atoms with Gasteiger partial charge >= 0.3 is 6.09 Å². The van der Waals surface area contributed by atoms with Crippen molar-refractivity contribution < 1.29 is 19.0 Å². The third-order valence-corrected chi connectivity index (χ3v) is 5.28. The van der Waals surface area contributed by atoms with Crippen LogP contribution in [0.3, 0.4) is 0 Å². The van der Waals surface area contributed by atoms with E-state index in [1.165, 1.54) is 0 Å². The molecular weight excluding hydrogens is 344 g/mol. The first-order valence-corrected chi connectivity index (χ1v) is 9.80. The van der Waals surface area contributed by atoms with E-state index >= 15 is 0 Å². The van der Waals surface area contributed by atoms with E-state index in [0.29, 0.717) is 13.3 Å².